The van der Waals surface area contributed by atoms with Crippen LogP contribution in [0.5, 0.6) is 0 Å². The van der Waals surface area contributed by atoms with Crippen LogP contribution in [-0.4, -0.2) is 16.5 Å². The van der Waals surface area contributed by atoms with Gasteiger partial charge in [0.15, 0.2) is 0 Å². The first-order valence-corrected chi connectivity index (χ1v) is 12.7. The monoisotopic (exact) mass is 449 g/mol. The SMILES string of the molecule is C=CCCCCCCCCCP(=O)([O-])C(CCCCC)P(=O)([O-])O.[Na+].[Na+].[Na+]. The van der Waals surface area contributed by atoms with Crippen molar-refractivity contribution >= 4 is 15.0 Å². The van der Waals surface area contributed by atoms with E-state index in [1.54, 1.807) is 0 Å². The van der Waals surface area contributed by atoms with Crippen molar-refractivity contribution in [3.8, 4) is 0 Å². The van der Waals surface area contributed by atoms with Crippen LogP contribution in [0.25, 0.3) is 0 Å². The van der Waals surface area contributed by atoms with Crippen molar-refractivity contribution in [2.75, 3.05) is 6.16 Å². The molecule has 0 aromatic heterocycles. The van der Waals surface area contributed by atoms with E-state index < -0.39 is 20.4 Å². The van der Waals surface area contributed by atoms with Crippen LogP contribution in [0.1, 0.15) is 84.0 Å². The summed E-state index contributed by atoms with van der Waals surface area (Å²) in [4.78, 5) is 33.0. The molecule has 0 radical (unpaired) electrons. The maximum atomic E-state index is 12.3. The molecule has 0 bridgehead atoms. The molecule has 0 saturated carbocycles. The molecule has 0 rings (SSSR count). The molecule has 0 fully saturated rings. The summed E-state index contributed by atoms with van der Waals surface area (Å²) in [7, 11) is -8.97. The number of rotatable bonds is 16. The van der Waals surface area contributed by atoms with Gasteiger partial charge in [0.1, 0.15) is 7.60 Å². The Morgan fingerprint density at radius 2 is 1.37 bits per heavy atom. The first-order valence-electron chi connectivity index (χ1n) is 9.19. The first kappa shape index (κ1) is 37.4. The topological polar surface area (TPSA) is 100 Å². The fourth-order valence-corrected chi connectivity index (χ4v) is 6.99. The summed E-state index contributed by atoms with van der Waals surface area (Å²) in [5.74, 6) is 0. The largest absolute Gasteiger partial charge is 1.00 e. The minimum atomic E-state index is -4.85. The predicted molar refractivity (Wildman–Crippen MR) is 97.4 cm³/mol. The molecule has 0 aliphatic heterocycles. The van der Waals surface area contributed by atoms with Crippen LogP contribution in [0, 0.1) is 0 Å². The fourth-order valence-electron chi connectivity index (χ4n) is 2.81. The van der Waals surface area contributed by atoms with Crippen molar-refractivity contribution in [1.29, 1.82) is 0 Å². The second-order valence-electron chi connectivity index (χ2n) is 6.54. The molecular formula is C17H34Na3O5P2+. The predicted octanol–water partition coefficient (Wildman–Crippen LogP) is -4.60. The van der Waals surface area contributed by atoms with Crippen LogP contribution in [-0.2, 0) is 9.13 Å². The van der Waals surface area contributed by atoms with Crippen molar-refractivity contribution in [3.05, 3.63) is 12.7 Å². The van der Waals surface area contributed by atoms with E-state index >= 15 is 0 Å². The van der Waals surface area contributed by atoms with E-state index in [0.29, 0.717) is 12.8 Å². The quantitative estimate of drug-likeness (QED) is 0.111. The minimum absolute atomic E-state index is 0. The van der Waals surface area contributed by atoms with Gasteiger partial charge in [0, 0.05) is 7.37 Å². The Kier molecular flexibility index (Phi) is 30.9. The molecule has 0 amide bonds. The van der Waals surface area contributed by atoms with E-state index in [-0.39, 0.29) is 101 Å². The summed E-state index contributed by atoms with van der Waals surface area (Å²) in [6, 6.07) is 0. The van der Waals surface area contributed by atoms with Crippen LogP contribution in [0.2, 0.25) is 0 Å². The minimum Gasteiger partial charge on any atom is -0.799 e. The maximum Gasteiger partial charge on any atom is 1.00 e. The van der Waals surface area contributed by atoms with E-state index in [1.807, 2.05) is 13.0 Å². The Labute approximate surface area is 232 Å². The van der Waals surface area contributed by atoms with Gasteiger partial charge in [-0.2, -0.15) is 0 Å². The molecular weight excluding hydrogens is 415 g/mol. The van der Waals surface area contributed by atoms with Gasteiger partial charge in [-0.05, 0) is 31.8 Å². The Morgan fingerprint density at radius 1 is 0.889 bits per heavy atom. The van der Waals surface area contributed by atoms with Crippen LogP contribution < -0.4 is 98.5 Å². The molecule has 144 valence electrons. The molecule has 0 aliphatic carbocycles. The second kappa shape index (κ2) is 22.3. The van der Waals surface area contributed by atoms with Gasteiger partial charge in [-0.3, -0.25) is 0 Å². The van der Waals surface area contributed by atoms with Crippen molar-refractivity contribution in [2.24, 2.45) is 0 Å². The zero-order valence-corrected chi connectivity index (χ0v) is 25.8. The molecule has 0 spiro atoms. The molecule has 0 aromatic carbocycles. The zero-order chi connectivity index (χ0) is 18.5. The number of hydrogen-bond acceptors (Lipinski definition) is 4. The van der Waals surface area contributed by atoms with Crippen molar-refractivity contribution in [3.63, 3.8) is 0 Å². The smallest absolute Gasteiger partial charge is 0.799 e. The molecule has 3 unspecified atom stereocenters. The van der Waals surface area contributed by atoms with Gasteiger partial charge in [-0.15, -0.1) is 6.58 Å². The summed E-state index contributed by atoms with van der Waals surface area (Å²) < 4.78 is 23.7. The van der Waals surface area contributed by atoms with Crippen LogP contribution in [0.3, 0.4) is 0 Å². The summed E-state index contributed by atoms with van der Waals surface area (Å²) in [6.07, 6.45) is 11.7. The van der Waals surface area contributed by atoms with Gasteiger partial charge in [0.25, 0.3) is 0 Å². The van der Waals surface area contributed by atoms with E-state index in [2.05, 4.69) is 6.58 Å². The van der Waals surface area contributed by atoms with Gasteiger partial charge in [-0.1, -0.05) is 64.4 Å². The zero-order valence-electron chi connectivity index (χ0n) is 18.0. The molecule has 3 atom stereocenters. The molecule has 27 heavy (non-hydrogen) atoms. The van der Waals surface area contributed by atoms with E-state index in [0.717, 1.165) is 57.8 Å². The molecule has 0 aliphatic rings. The Bertz CT molecular complexity index is 433. The third-order valence-corrected chi connectivity index (χ3v) is 9.32. The molecule has 0 aromatic rings. The van der Waals surface area contributed by atoms with Gasteiger partial charge < -0.3 is 23.8 Å². The third-order valence-electron chi connectivity index (χ3n) is 4.27. The van der Waals surface area contributed by atoms with Crippen LogP contribution >= 0.6 is 15.0 Å². The Hall–Kier alpha value is 3.08. The molecule has 0 saturated heterocycles. The summed E-state index contributed by atoms with van der Waals surface area (Å²) in [5, 5.41) is -1.60. The number of hydrogen-bond donors (Lipinski definition) is 1. The maximum absolute atomic E-state index is 12.3. The van der Waals surface area contributed by atoms with Gasteiger partial charge in [0.05, 0.1) is 5.40 Å². The second-order valence-corrected chi connectivity index (χ2v) is 11.2. The summed E-state index contributed by atoms with van der Waals surface area (Å²) in [6.45, 7) is 5.64. The van der Waals surface area contributed by atoms with E-state index in [9.17, 15) is 23.8 Å². The number of unbranched alkanes of at least 4 members (excludes halogenated alkanes) is 9. The van der Waals surface area contributed by atoms with Crippen LogP contribution in [0.4, 0.5) is 0 Å². The fraction of sp³-hybridized carbons (Fsp3) is 0.882. The van der Waals surface area contributed by atoms with Gasteiger partial charge in [0.2, 0.25) is 0 Å². The molecule has 0 heterocycles. The van der Waals surface area contributed by atoms with Gasteiger partial charge >= 0.3 is 88.7 Å². The molecule has 5 nitrogen and oxygen atoms in total. The Morgan fingerprint density at radius 3 is 1.81 bits per heavy atom. The van der Waals surface area contributed by atoms with E-state index in [4.69, 9.17) is 0 Å². The summed E-state index contributed by atoms with van der Waals surface area (Å²) >= 11 is 0. The summed E-state index contributed by atoms with van der Waals surface area (Å²) in [5.41, 5.74) is 0. The van der Waals surface area contributed by atoms with Crippen molar-refractivity contribution < 1.29 is 112 Å². The van der Waals surface area contributed by atoms with Crippen molar-refractivity contribution in [2.45, 2.75) is 89.4 Å². The molecule has 1 N–H and O–H groups in total. The number of allylic oxidation sites excluding steroid dienone is 1. The normalized spacial score (nSPS) is 15.9. The average Bonchev–Trinajstić information content (AvgIpc) is 2.48. The average molecular weight is 449 g/mol. The molecule has 10 heteroatoms. The third kappa shape index (κ3) is 20.7. The van der Waals surface area contributed by atoms with Gasteiger partial charge in [-0.25, -0.2) is 0 Å². The van der Waals surface area contributed by atoms with Crippen LogP contribution in [0.15, 0.2) is 12.7 Å². The Balaban J connectivity index is -0.000000882. The van der Waals surface area contributed by atoms with E-state index in [1.165, 1.54) is 0 Å². The van der Waals surface area contributed by atoms with Crippen molar-refractivity contribution in [1.82, 2.24) is 0 Å². The first-order chi connectivity index (χ1) is 11.3. The standard InChI is InChI=1S/C17H36O5P2.3Na/c1-3-5-7-8-9-10-11-12-14-16-23(18,19)17(24(20,21)22)15-13-6-4-2;;;/h3,17H,1,4-16H2,2H3,(H,18,19)(H2,20,21,22);;;/q;3*+1/p-2.